The Labute approximate surface area is 155 Å². The average molecular weight is 350 g/mol. The van der Waals surface area contributed by atoms with Crippen molar-refractivity contribution in [2.75, 3.05) is 18.4 Å². The van der Waals surface area contributed by atoms with Crippen molar-refractivity contribution < 1.29 is 9.59 Å². The first-order valence-electron chi connectivity index (χ1n) is 9.18. The van der Waals surface area contributed by atoms with Gasteiger partial charge in [-0.25, -0.2) is 0 Å². The van der Waals surface area contributed by atoms with E-state index in [4.69, 9.17) is 0 Å². The number of aryl methyl sites for hydroxylation is 3. The number of anilines is 1. The molecule has 0 radical (unpaired) electrons. The number of hydrogen-bond donors (Lipinski definition) is 1. The standard InChI is InChI=1S/C22H26N2O2/c1-15-6-4-7-18(13-15)22(26)24-11-5-8-19(14-24)21(25)23-20-10-9-16(2)12-17(20)3/h4,6-7,9-10,12-13,19H,5,8,11,14H2,1-3H3,(H,23,25)/t19-/m1/s1. The van der Waals surface area contributed by atoms with Crippen LogP contribution in [0.4, 0.5) is 5.69 Å². The van der Waals surface area contributed by atoms with Gasteiger partial charge in [0.25, 0.3) is 5.91 Å². The Morgan fingerprint density at radius 1 is 1.04 bits per heavy atom. The first-order chi connectivity index (χ1) is 12.4. The molecule has 1 atom stereocenters. The summed E-state index contributed by atoms with van der Waals surface area (Å²) < 4.78 is 0. The van der Waals surface area contributed by atoms with Crippen molar-refractivity contribution in [3.8, 4) is 0 Å². The summed E-state index contributed by atoms with van der Waals surface area (Å²) in [5, 5.41) is 3.04. The van der Waals surface area contributed by atoms with Crippen LogP contribution in [-0.4, -0.2) is 29.8 Å². The first-order valence-corrected chi connectivity index (χ1v) is 9.18. The number of piperidine rings is 1. The van der Waals surface area contributed by atoms with E-state index in [1.165, 1.54) is 5.56 Å². The second-order valence-electron chi connectivity index (χ2n) is 7.27. The van der Waals surface area contributed by atoms with Gasteiger partial charge >= 0.3 is 0 Å². The molecule has 0 unspecified atom stereocenters. The number of hydrogen-bond acceptors (Lipinski definition) is 2. The summed E-state index contributed by atoms with van der Waals surface area (Å²) in [6.45, 7) is 7.20. The first kappa shape index (κ1) is 18.2. The molecule has 2 aromatic rings. The van der Waals surface area contributed by atoms with Crippen LogP contribution in [0.1, 0.15) is 39.9 Å². The highest BCUT2D eigenvalue weighted by molar-refractivity contribution is 5.96. The normalized spacial score (nSPS) is 17.0. The van der Waals surface area contributed by atoms with E-state index in [9.17, 15) is 9.59 Å². The van der Waals surface area contributed by atoms with Crippen molar-refractivity contribution in [3.63, 3.8) is 0 Å². The molecule has 26 heavy (non-hydrogen) atoms. The highest BCUT2D eigenvalue weighted by Gasteiger charge is 2.29. The molecule has 4 nitrogen and oxygen atoms in total. The Balaban J connectivity index is 1.67. The number of rotatable bonds is 3. The third-order valence-electron chi connectivity index (χ3n) is 4.98. The minimum Gasteiger partial charge on any atom is -0.338 e. The van der Waals surface area contributed by atoms with E-state index in [1.54, 1.807) is 0 Å². The van der Waals surface area contributed by atoms with Crippen LogP contribution >= 0.6 is 0 Å². The van der Waals surface area contributed by atoms with Crippen LogP contribution in [0.25, 0.3) is 0 Å². The second kappa shape index (κ2) is 7.73. The number of carbonyl (C=O) groups excluding carboxylic acids is 2. The second-order valence-corrected chi connectivity index (χ2v) is 7.27. The van der Waals surface area contributed by atoms with Gasteiger partial charge in [0.1, 0.15) is 0 Å². The van der Waals surface area contributed by atoms with Gasteiger partial charge in [0.15, 0.2) is 0 Å². The van der Waals surface area contributed by atoms with Crippen LogP contribution in [0.2, 0.25) is 0 Å². The molecule has 136 valence electrons. The minimum absolute atomic E-state index is 0.00121. The molecule has 1 saturated heterocycles. The van der Waals surface area contributed by atoms with Crippen LogP contribution in [-0.2, 0) is 4.79 Å². The number of amides is 2. The molecule has 1 aliphatic heterocycles. The number of likely N-dealkylation sites (tertiary alicyclic amines) is 1. The number of benzene rings is 2. The fourth-order valence-electron chi connectivity index (χ4n) is 3.52. The van der Waals surface area contributed by atoms with Crippen molar-refractivity contribution >= 4 is 17.5 Å². The monoisotopic (exact) mass is 350 g/mol. The van der Waals surface area contributed by atoms with Crippen LogP contribution in [0, 0.1) is 26.7 Å². The van der Waals surface area contributed by atoms with Crippen LogP contribution in [0.15, 0.2) is 42.5 Å². The van der Waals surface area contributed by atoms with Crippen molar-refractivity contribution in [2.45, 2.75) is 33.6 Å². The summed E-state index contributed by atoms with van der Waals surface area (Å²) in [6.07, 6.45) is 1.66. The van der Waals surface area contributed by atoms with Gasteiger partial charge in [0.2, 0.25) is 5.91 Å². The lowest BCUT2D eigenvalue weighted by Gasteiger charge is -2.32. The van der Waals surface area contributed by atoms with E-state index in [-0.39, 0.29) is 17.7 Å². The van der Waals surface area contributed by atoms with E-state index in [2.05, 4.69) is 11.4 Å². The summed E-state index contributed by atoms with van der Waals surface area (Å²) in [4.78, 5) is 27.3. The predicted molar refractivity (Wildman–Crippen MR) is 104 cm³/mol. The van der Waals surface area contributed by atoms with Crippen LogP contribution in [0.3, 0.4) is 0 Å². The van der Waals surface area contributed by atoms with Crippen LogP contribution < -0.4 is 5.32 Å². The van der Waals surface area contributed by atoms with Crippen molar-refractivity contribution in [3.05, 3.63) is 64.7 Å². The smallest absolute Gasteiger partial charge is 0.253 e. The maximum atomic E-state index is 12.8. The summed E-state index contributed by atoms with van der Waals surface area (Å²) in [5.74, 6) is -0.158. The Morgan fingerprint density at radius 3 is 2.54 bits per heavy atom. The third kappa shape index (κ3) is 4.13. The summed E-state index contributed by atoms with van der Waals surface area (Å²) in [7, 11) is 0. The summed E-state index contributed by atoms with van der Waals surface area (Å²) in [6, 6.07) is 13.6. The van der Waals surface area contributed by atoms with Crippen LogP contribution in [0.5, 0.6) is 0 Å². The molecule has 1 N–H and O–H groups in total. The predicted octanol–water partition coefficient (Wildman–Crippen LogP) is 4.10. The molecular weight excluding hydrogens is 324 g/mol. The lowest BCUT2D eigenvalue weighted by atomic mass is 9.96. The van der Waals surface area contributed by atoms with E-state index < -0.39 is 0 Å². The number of nitrogens with one attached hydrogen (secondary N) is 1. The molecule has 3 rings (SSSR count). The SMILES string of the molecule is Cc1cccc(C(=O)N2CCC[C@@H](C(=O)Nc3ccc(C)cc3C)C2)c1. The Hall–Kier alpha value is -2.62. The molecule has 2 amide bonds. The van der Waals surface area contributed by atoms with Gasteiger partial charge in [-0.3, -0.25) is 9.59 Å². The molecule has 1 heterocycles. The van der Waals surface area contributed by atoms with Crippen molar-refractivity contribution in [1.82, 2.24) is 4.90 Å². The van der Waals surface area contributed by atoms with E-state index >= 15 is 0 Å². The number of nitrogens with zero attached hydrogens (tertiary/aromatic N) is 1. The van der Waals surface area contributed by atoms with Gasteiger partial charge in [-0.15, -0.1) is 0 Å². The fraction of sp³-hybridized carbons (Fsp3) is 0.364. The molecule has 2 aromatic carbocycles. The van der Waals surface area contributed by atoms with Gasteiger partial charge in [-0.2, -0.15) is 0 Å². The Bertz CT molecular complexity index is 829. The molecule has 0 spiro atoms. The molecule has 0 aliphatic carbocycles. The maximum Gasteiger partial charge on any atom is 0.253 e. The number of carbonyl (C=O) groups is 2. The fourth-order valence-corrected chi connectivity index (χ4v) is 3.52. The van der Waals surface area contributed by atoms with Gasteiger partial charge in [-0.05, 0) is 57.4 Å². The lowest BCUT2D eigenvalue weighted by molar-refractivity contribution is -0.121. The minimum atomic E-state index is -0.168. The van der Waals surface area contributed by atoms with Crippen molar-refractivity contribution in [2.24, 2.45) is 5.92 Å². The molecule has 0 saturated carbocycles. The Kier molecular flexibility index (Phi) is 5.40. The zero-order valence-corrected chi connectivity index (χ0v) is 15.7. The molecule has 1 aliphatic rings. The molecule has 1 fully saturated rings. The average Bonchev–Trinajstić information content (AvgIpc) is 2.63. The highest BCUT2D eigenvalue weighted by Crippen LogP contribution is 2.22. The van der Waals surface area contributed by atoms with Gasteiger partial charge in [-0.1, -0.05) is 35.4 Å². The van der Waals surface area contributed by atoms with E-state index in [1.807, 2.05) is 62.1 Å². The van der Waals surface area contributed by atoms with Gasteiger partial charge in [0, 0.05) is 24.3 Å². The topological polar surface area (TPSA) is 49.4 Å². The molecule has 4 heteroatoms. The van der Waals surface area contributed by atoms with Gasteiger partial charge in [0.05, 0.1) is 5.92 Å². The third-order valence-corrected chi connectivity index (χ3v) is 4.98. The Morgan fingerprint density at radius 2 is 1.81 bits per heavy atom. The summed E-state index contributed by atoms with van der Waals surface area (Å²) in [5.41, 5.74) is 4.84. The molecule has 0 bridgehead atoms. The van der Waals surface area contributed by atoms with Gasteiger partial charge < -0.3 is 10.2 Å². The van der Waals surface area contributed by atoms with Crippen molar-refractivity contribution in [1.29, 1.82) is 0 Å². The molecule has 0 aromatic heterocycles. The quantitative estimate of drug-likeness (QED) is 0.906. The molecular formula is C22H26N2O2. The summed E-state index contributed by atoms with van der Waals surface area (Å²) >= 11 is 0. The highest BCUT2D eigenvalue weighted by atomic mass is 16.2. The maximum absolute atomic E-state index is 12.8. The van der Waals surface area contributed by atoms with E-state index in [0.29, 0.717) is 18.7 Å². The zero-order chi connectivity index (χ0) is 18.7. The zero-order valence-electron chi connectivity index (χ0n) is 15.7. The van der Waals surface area contributed by atoms with E-state index in [0.717, 1.165) is 29.7 Å². The largest absolute Gasteiger partial charge is 0.338 e. The lowest BCUT2D eigenvalue weighted by Crippen LogP contribution is -2.43.